The Morgan fingerprint density at radius 3 is 2.83 bits per heavy atom. The van der Waals surface area contributed by atoms with Crippen molar-refractivity contribution >= 4 is 22.6 Å². The number of anilines is 1. The average molecular weight is 393 g/mol. The second-order valence-electron chi connectivity index (χ2n) is 6.31. The summed E-state index contributed by atoms with van der Waals surface area (Å²) >= 11 is 0. The minimum atomic E-state index is -0.319. The molecule has 4 aromatic rings. The molecule has 10 heteroatoms. The number of carbonyl (C=O) groups excluding carboxylic acids is 1. The van der Waals surface area contributed by atoms with E-state index in [1.807, 2.05) is 25.1 Å². The molecule has 10 nitrogen and oxygen atoms in total. The van der Waals surface area contributed by atoms with Crippen LogP contribution in [0.2, 0.25) is 0 Å². The predicted octanol–water partition coefficient (Wildman–Crippen LogP) is 2.18. The van der Waals surface area contributed by atoms with Gasteiger partial charge in [-0.3, -0.25) is 4.79 Å². The fraction of sp³-hybridized carbons (Fsp3) is 0.211. The highest BCUT2D eigenvalue weighted by Gasteiger charge is 2.13. The van der Waals surface area contributed by atoms with Crippen molar-refractivity contribution in [1.82, 2.24) is 30.2 Å². The van der Waals surface area contributed by atoms with Gasteiger partial charge >= 0.3 is 0 Å². The number of ether oxygens (including phenoxy) is 2. The summed E-state index contributed by atoms with van der Waals surface area (Å²) < 4.78 is 10.5. The Bertz CT molecular complexity index is 1180. The highest BCUT2D eigenvalue weighted by molar-refractivity contribution is 5.92. The fourth-order valence-corrected chi connectivity index (χ4v) is 2.93. The van der Waals surface area contributed by atoms with Crippen LogP contribution >= 0.6 is 0 Å². The molecule has 2 aromatic carbocycles. The van der Waals surface area contributed by atoms with Gasteiger partial charge in [-0.05, 0) is 42.5 Å². The summed E-state index contributed by atoms with van der Waals surface area (Å²) in [5, 5.41) is 15.1. The van der Waals surface area contributed by atoms with Gasteiger partial charge in [0.15, 0.2) is 0 Å². The molecule has 0 atom stereocenters. The third kappa shape index (κ3) is 3.86. The van der Waals surface area contributed by atoms with Crippen molar-refractivity contribution in [3.63, 3.8) is 0 Å². The molecular weight excluding hydrogens is 374 g/mol. The van der Waals surface area contributed by atoms with Crippen molar-refractivity contribution in [3.8, 4) is 22.9 Å². The molecule has 148 valence electrons. The van der Waals surface area contributed by atoms with Crippen LogP contribution in [-0.2, 0) is 11.3 Å². The van der Waals surface area contributed by atoms with Crippen LogP contribution in [0.25, 0.3) is 22.4 Å². The van der Waals surface area contributed by atoms with Gasteiger partial charge in [0.2, 0.25) is 11.7 Å². The zero-order chi connectivity index (χ0) is 20.4. The van der Waals surface area contributed by atoms with E-state index in [1.165, 1.54) is 11.9 Å². The van der Waals surface area contributed by atoms with Gasteiger partial charge in [-0.25, -0.2) is 4.98 Å². The zero-order valence-electron chi connectivity index (χ0n) is 16.1. The molecule has 29 heavy (non-hydrogen) atoms. The van der Waals surface area contributed by atoms with Gasteiger partial charge in [0.05, 0.1) is 30.9 Å². The van der Waals surface area contributed by atoms with Crippen molar-refractivity contribution in [2.24, 2.45) is 0 Å². The standard InChI is InChI=1S/C19H19N7O3/c1-11-20-14-6-4-12(8-15(14)21-11)19-23-25-26(24-19)10-18(27)22-16-9-13(28-2)5-7-17(16)29-3/h4-9H,10H2,1-3H3,(H,20,21)(H,22,27). The van der Waals surface area contributed by atoms with Crippen LogP contribution in [0.3, 0.4) is 0 Å². The summed E-state index contributed by atoms with van der Waals surface area (Å²) in [6.07, 6.45) is 0. The number of imidazole rings is 1. The summed E-state index contributed by atoms with van der Waals surface area (Å²) in [6.45, 7) is 1.79. The van der Waals surface area contributed by atoms with E-state index in [0.717, 1.165) is 22.4 Å². The lowest BCUT2D eigenvalue weighted by molar-refractivity contribution is -0.117. The summed E-state index contributed by atoms with van der Waals surface area (Å²) in [5.74, 6) is 2.06. The molecule has 1 amide bonds. The van der Waals surface area contributed by atoms with Gasteiger partial charge in [-0.2, -0.15) is 4.80 Å². The molecule has 0 unspecified atom stereocenters. The Labute approximate surface area is 165 Å². The van der Waals surface area contributed by atoms with E-state index in [-0.39, 0.29) is 12.5 Å². The van der Waals surface area contributed by atoms with Crippen molar-refractivity contribution in [2.75, 3.05) is 19.5 Å². The summed E-state index contributed by atoms with van der Waals surface area (Å²) in [6, 6.07) is 10.8. The van der Waals surface area contributed by atoms with Crippen molar-refractivity contribution < 1.29 is 14.3 Å². The lowest BCUT2D eigenvalue weighted by atomic mass is 10.2. The maximum absolute atomic E-state index is 12.4. The first-order valence-electron chi connectivity index (χ1n) is 8.82. The van der Waals surface area contributed by atoms with Gasteiger partial charge in [0, 0.05) is 11.6 Å². The highest BCUT2D eigenvalue weighted by atomic mass is 16.5. The number of H-pyrrole nitrogens is 1. The van der Waals surface area contributed by atoms with Crippen LogP contribution in [0.5, 0.6) is 11.5 Å². The largest absolute Gasteiger partial charge is 0.497 e. The molecule has 4 rings (SSSR count). The average Bonchev–Trinajstić information content (AvgIpc) is 3.32. The van der Waals surface area contributed by atoms with Crippen molar-refractivity contribution in [3.05, 3.63) is 42.2 Å². The monoisotopic (exact) mass is 393 g/mol. The SMILES string of the molecule is COc1ccc(OC)c(NC(=O)Cn2nnc(-c3ccc4nc(C)[nH]c4c3)n2)c1. The van der Waals surface area contributed by atoms with E-state index in [0.29, 0.717) is 23.0 Å². The Kier molecular flexibility index (Phi) is 4.82. The number of rotatable bonds is 6. The molecule has 0 aliphatic carbocycles. The predicted molar refractivity (Wildman–Crippen MR) is 106 cm³/mol. The van der Waals surface area contributed by atoms with Crippen molar-refractivity contribution in [1.29, 1.82) is 0 Å². The van der Waals surface area contributed by atoms with Gasteiger partial charge < -0.3 is 19.8 Å². The number of methoxy groups -OCH3 is 2. The molecule has 2 heterocycles. The minimum Gasteiger partial charge on any atom is -0.497 e. The van der Waals surface area contributed by atoms with Gasteiger partial charge in [-0.15, -0.1) is 10.2 Å². The molecular formula is C19H19N7O3. The smallest absolute Gasteiger partial charge is 0.248 e. The fourth-order valence-electron chi connectivity index (χ4n) is 2.93. The molecule has 0 radical (unpaired) electrons. The summed E-state index contributed by atoms with van der Waals surface area (Å²) in [7, 11) is 3.08. The molecule has 0 spiro atoms. The van der Waals surface area contributed by atoms with E-state index < -0.39 is 0 Å². The van der Waals surface area contributed by atoms with E-state index >= 15 is 0 Å². The lowest BCUT2D eigenvalue weighted by Gasteiger charge is -2.11. The molecule has 0 saturated carbocycles. The normalized spacial score (nSPS) is 10.9. The third-order valence-electron chi connectivity index (χ3n) is 4.28. The first kappa shape index (κ1) is 18.4. The molecule has 2 aromatic heterocycles. The number of hydrogen-bond acceptors (Lipinski definition) is 7. The van der Waals surface area contributed by atoms with Crippen LogP contribution in [0.4, 0.5) is 5.69 Å². The number of amides is 1. The van der Waals surface area contributed by atoms with Gasteiger partial charge in [-0.1, -0.05) is 0 Å². The van der Waals surface area contributed by atoms with Gasteiger partial charge in [0.1, 0.15) is 23.9 Å². The second-order valence-corrected chi connectivity index (χ2v) is 6.31. The van der Waals surface area contributed by atoms with Crippen LogP contribution in [-0.4, -0.2) is 50.3 Å². The number of carbonyl (C=O) groups is 1. The number of aromatic nitrogens is 6. The number of fused-ring (bicyclic) bond motifs is 1. The lowest BCUT2D eigenvalue weighted by Crippen LogP contribution is -2.20. The van der Waals surface area contributed by atoms with E-state index in [4.69, 9.17) is 9.47 Å². The number of hydrogen-bond donors (Lipinski definition) is 2. The van der Waals surface area contributed by atoms with E-state index in [1.54, 1.807) is 25.3 Å². The number of benzene rings is 2. The molecule has 0 aliphatic heterocycles. The van der Waals surface area contributed by atoms with E-state index in [2.05, 4.69) is 30.7 Å². The Balaban J connectivity index is 1.49. The number of aryl methyl sites for hydroxylation is 1. The van der Waals surface area contributed by atoms with Crippen LogP contribution in [0, 0.1) is 6.92 Å². The van der Waals surface area contributed by atoms with E-state index in [9.17, 15) is 4.79 Å². The highest BCUT2D eigenvalue weighted by Crippen LogP contribution is 2.28. The zero-order valence-corrected chi connectivity index (χ0v) is 16.1. The molecule has 0 aliphatic rings. The summed E-state index contributed by atoms with van der Waals surface area (Å²) in [5.41, 5.74) is 3.03. The van der Waals surface area contributed by atoms with Crippen LogP contribution in [0.1, 0.15) is 5.82 Å². The maximum atomic E-state index is 12.4. The quantitative estimate of drug-likeness (QED) is 0.515. The first-order valence-corrected chi connectivity index (χ1v) is 8.82. The molecule has 0 bridgehead atoms. The first-order chi connectivity index (χ1) is 14.1. The Morgan fingerprint density at radius 1 is 1.17 bits per heavy atom. The number of aromatic amines is 1. The maximum Gasteiger partial charge on any atom is 0.248 e. The minimum absolute atomic E-state index is 0.0984. The summed E-state index contributed by atoms with van der Waals surface area (Å²) in [4.78, 5) is 21.2. The topological polar surface area (TPSA) is 120 Å². The third-order valence-corrected chi connectivity index (χ3v) is 4.28. The Hall–Kier alpha value is -3.95. The molecule has 0 saturated heterocycles. The Morgan fingerprint density at radius 2 is 2.03 bits per heavy atom. The molecule has 2 N–H and O–H groups in total. The number of tetrazole rings is 1. The van der Waals surface area contributed by atoms with Crippen molar-refractivity contribution in [2.45, 2.75) is 13.5 Å². The van der Waals surface area contributed by atoms with Crippen LogP contribution in [0.15, 0.2) is 36.4 Å². The molecule has 0 fully saturated rings. The number of nitrogens with one attached hydrogen (secondary N) is 2. The van der Waals surface area contributed by atoms with Gasteiger partial charge in [0.25, 0.3) is 0 Å². The second kappa shape index (κ2) is 7.58. The number of nitrogens with zero attached hydrogens (tertiary/aromatic N) is 5. The van der Waals surface area contributed by atoms with Crippen LogP contribution < -0.4 is 14.8 Å².